The minimum absolute atomic E-state index is 0.124. The first-order valence-corrected chi connectivity index (χ1v) is 4.65. The van der Waals surface area contributed by atoms with E-state index in [1.807, 2.05) is 6.07 Å². The van der Waals surface area contributed by atoms with Crippen LogP contribution in [0.3, 0.4) is 0 Å². The third-order valence-electron chi connectivity index (χ3n) is 2.09. The molecule has 2 heterocycles. The fraction of sp³-hybridized carbons (Fsp3) is 0.100. The van der Waals surface area contributed by atoms with E-state index < -0.39 is 5.91 Å². The summed E-state index contributed by atoms with van der Waals surface area (Å²) in [6.07, 6.45) is 1.75. The van der Waals surface area contributed by atoms with E-state index >= 15 is 0 Å². The van der Waals surface area contributed by atoms with Gasteiger partial charge in [-0.1, -0.05) is 5.16 Å². The summed E-state index contributed by atoms with van der Waals surface area (Å²) in [5.74, 6) is -0.287. The molecule has 2 aromatic rings. The van der Waals surface area contributed by atoms with Gasteiger partial charge in [-0.25, -0.2) is 4.98 Å². The Morgan fingerprint density at radius 3 is 3.06 bits per heavy atom. The van der Waals surface area contributed by atoms with Crippen LogP contribution < -0.4 is 5.32 Å². The van der Waals surface area contributed by atoms with Gasteiger partial charge in [0.15, 0.2) is 0 Å². The van der Waals surface area contributed by atoms with Gasteiger partial charge in [0.2, 0.25) is 0 Å². The molecule has 3 N–H and O–H groups in total. The second kappa shape index (κ2) is 4.01. The molecule has 0 aliphatic rings. The number of fused-ring (bicyclic) bond motifs is 1. The van der Waals surface area contributed by atoms with Crippen molar-refractivity contribution >= 4 is 22.8 Å². The van der Waals surface area contributed by atoms with Crippen molar-refractivity contribution in [3.63, 3.8) is 0 Å². The van der Waals surface area contributed by atoms with Gasteiger partial charge in [-0.2, -0.15) is 0 Å². The lowest BCUT2D eigenvalue weighted by atomic mass is 10.3. The number of nitrogens with one attached hydrogen (secondary N) is 2. The number of oxime groups is 1. The Balaban J connectivity index is 2.29. The number of carbonyl (C=O) groups excluding carboxylic acids is 1. The summed E-state index contributed by atoms with van der Waals surface area (Å²) in [4.78, 5) is 18.6. The number of amides is 1. The van der Waals surface area contributed by atoms with Crippen LogP contribution in [0.15, 0.2) is 29.6 Å². The molecule has 0 saturated carbocycles. The monoisotopic (exact) mass is 218 g/mol. The van der Waals surface area contributed by atoms with Crippen LogP contribution in [0.5, 0.6) is 0 Å². The minimum Gasteiger partial charge on any atom is -0.409 e. The zero-order valence-corrected chi connectivity index (χ0v) is 8.56. The van der Waals surface area contributed by atoms with Gasteiger partial charge in [-0.3, -0.25) is 4.79 Å². The topological polar surface area (TPSA) is 90.4 Å². The molecule has 0 aliphatic heterocycles. The van der Waals surface area contributed by atoms with Crippen LogP contribution in [0.1, 0.15) is 17.4 Å². The first kappa shape index (κ1) is 10.2. The van der Waals surface area contributed by atoms with E-state index in [1.165, 1.54) is 6.92 Å². The quantitative estimate of drug-likeness (QED) is 0.290. The van der Waals surface area contributed by atoms with E-state index in [2.05, 4.69) is 20.4 Å². The number of hydrogen-bond acceptors (Lipinski definition) is 4. The summed E-state index contributed by atoms with van der Waals surface area (Å²) in [5.41, 5.74) is 0.907. The zero-order chi connectivity index (χ0) is 11.5. The molecule has 2 rings (SSSR count). The number of pyridine rings is 1. The second-order valence-corrected chi connectivity index (χ2v) is 3.25. The van der Waals surface area contributed by atoms with Crippen LogP contribution in [0, 0.1) is 0 Å². The predicted molar refractivity (Wildman–Crippen MR) is 58.5 cm³/mol. The van der Waals surface area contributed by atoms with Gasteiger partial charge >= 0.3 is 0 Å². The molecule has 1 amide bonds. The molecular formula is C10H10N4O2. The van der Waals surface area contributed by atoms with Crippen molar-refractivity contribution in [3.05, 3.63) is 30.1 Å². The molecule has 82 valence electrons. The minimum atomic E-state index is -0.410. The third kappa shape index (κ3) is 1.85. The standard InChI is InChI=1S/C10H10N4O2/c1-6(14-16)12-10(15)8-3-2-7-4-5-11-9(7)13-8/h2-5,16H,1H3,(H,11,13)(H,12,14,15). The van der Waals surface area contributed by atoms with E-state index in [1.54, 1.807) is 18.3 Å². The normalized spacial score (nSPS) is 11.7. The maximum atomic E-state index is 11.6. The Morgan fingerprint density at radius 1 is 1.50 bits per heavy atom. The summed E-state index contributed by atoms with van der Waals surface area (Å²) in [7, 11) is 0. The Hall–Kier alpha value is -2.37. The van der Waals surface area contributed by atoms with Crippen molar-refractivity contribution in [1.29, 1.82) is 0 Å². The molecule has 0 bridgehead atoms. The number of amidine groups is 1. The van der Waals surface area contributed by atoms with Gasteiger partial charge < -0.3 is 15.5 Å². The largest absolute Gasteiger partial charge is 0.409 e. The highest BCUT2D eigenvalue weighted by Crippen LogP contribution is 2.09. The first-order valence-electron chi connectivity index (χ1n) is 4.65. The highest BCUT2D eigenvalue weighted by Gasteiger charge is 2.09. The molecular weight excluding hydrogens is 208 g/mol. The van der Waals surface area contributed by atoms with Crippen molar-refractivity contribution in [3.8, 4) is 0 Å². The second-order valence-electron chi connectivity index (χ2n) is 3.25. The molecule has 0 aliphatic carbocycles. The fourth-order valence-electron chi connectivity index (χ4n) is 1.31. The molecule has 0 radical (unpaired) electrons. The molecule has 0 fully saturated rings. The number of aromatic amines is 1. The van der Waals surface area contributed by atoms with Crippen LogP contribution in [-0.4, -0.2) is 26.9 Å². The first-order chi connectivity index (χ1) is 7.70. The summed E-state index contributed by atoms with van der Waals surface area (Å²) in [6.45, 7) is 1.48. The maximum absolute atomic E-state index is 11.6. The summed E-state index contributed by atoms with van der Waals surface area (Å²) < 4.78 is 0. The average molecular weight is 218 g/mol. The lowest BCUT2D eigenvalue weighted by molar-refractivity contribution is 0.0970. The Morgan fingerprint density at radius 2 is 2.31 bits per heavy atom. The van der Waals surface area contributed by atoms with Gasteiger partial charge in [-0.05, 0) is 25.1 Å². The average Bonchev–Trinajstić information content (AvgIpc) is 2.75. The summed E-state index contributed by atoms with van der Waals surface area (Å²) in [5, 5.41) is 14.6. The molecule has 2 aromatic heterocycles. The van der Waals surface area contributed by atoms with Gasteiger partial charge in [0.05, 0.1) is 0 Å². The smallest absolute Gasteiger partial charge is 0.275 e. The fourth-order valence-corrected chi connectivity index (χ4v) is 1.31. The molecule has 6 heteroatoms. The molecule has 6 nitrogen and oxygen atoms in total. The predicted octanol–water partition coefficient (Wildman–Crippen LogP) is 1.10. The van der Waals surface area contributed by atoms with Crippen molar-refractivity contribution in [2.75, 3.05) is 0 Å². The summed E-state index contributed by atoms with van der Waals surface area (Å²) >= 11 is 0. The highest BCUT2D eigenvalue weighted by atomic mass is 16.4. The zero-order valence-electron chi connectivity index (χ0n) is 8.56. The molecule has 16 heavy (non-hydrogen) atoms. The third-order valence-corrected chi connectivity index (χ3v) is 2.09. The maximum Gasteiger partial charge on any atom is 0.275 e. The highest BCUT2D eigenvalue weighted by molar-refractivity contribution is 6.05. The van der Waals surface area contributed by atoms with Crippen molar-refractivity contribution in [2.24, 2.45) is 5.16 Å². The van der Waals surface area contributed by atoms with Crippen molar-refractivity contribution < 1.29 is 10.0 Å². The van der Waals surface area contributed by atoms with Gasteiger partial charge in [0.25, 0.3) is 5.91 Å². The van der Waals surface area contributed by atoms with Gasteiger partial charge in [0, 0.05) is 11.6 Å². The van der Waals surface area contributed by atoms with E-state index in [9.17, 15) is 4.79 Å². The molecule has 0 spiro atoms. The lowest BCUT2D eigenvalue weighted by Crippen LogP contribution is -2.28. The summed E-state index contributed by atoms with van der Waals surface area (Å²) in [6, 6.07) is 5.26. The molecule has 0 atom stereocenters. The number of rotatable bonds is 1. The number of nitrogens with zero attached hydrogens (tertiary/aromatic N) is 2. The van der Waals surface area contributed by atoms with Crippen molar-refractivity contribution in [1.82, 2.24) is 15.3 Å². The van der Waals surface area contributed by atoms with Crippen LogP contribution in [0.4, 0.5) is 0 Å². The van der Waals surface area contributed by atoms with E-state index in [4.69, 9.17) is 5.21 Å². The van der Waals surface area contributed by atoms with Crippen molar-refractivity contribution in [2.45, 2.75) is 6.92 Å². The number of hydrogen-bond donors (Lipinski definition) is 3. The number of H-pyrrole nitrogens is 1. The van der Waals surface area contributed by atoms with E-state index in [0.29, 0.717) is 5.65 Å². The Kier molecular flexibility index (Phi) is 2.55. The Labute approximate surface area is 91.0 Å². The van der Waals surface area contributed by atoms with Gasteiger partial charge in [-0.15, -0.1) is 0 Å². The lowest BCUT2D eigenvalue weighted by Gasteiger charge is -2.01. The molecule has 0 unspecified atom stereocenters. The van der Waals surface area contributed by atoms with E-state index in [0.717, 1.165) is 5.39 Å². The Bertz CT molecular complexity index is 559. The molecule has 0 aromatic carbocycles. The van der Waals surface area contributed by atoms with Crippen LogP contribution in [0.25, 0.3) is 11.0 Å². The van der Waals surface area contributed by atoms with E-state index in [-0.39, 0.29) is 11.5 Å². The number of aromatic nitrogens is 2. The number of carbonyl (C=O) groups is 1. The van der Waals surface area contributed by atoms with Crippen LogP contribution in [-0.2, 0) is 0 Å². The van der Waals surface area contributed by atoms with Crippen LogP contribution >= 0.6 is 0 Å². The van der Waals surface area contributed by atoms with Gasteiger partial charge in [0.1, 0.15) is 17.2 Å². The SMILES string of the molecule is C/C(=N\O)NC(=O)c1ccc2cc[nH]c2n1. The van der Waals surface area contributed by atoms with Crippen LogP contribution in [0.2, 0.25) is 0 Å². The molecule has 0 saturated heterocycles.